The first-order valence-electron chi connectivity index (χ1n) is 3.34. The van der Waals surface area contributed by atoms with Crippen LogP contribution in [0.4, 0.5) is 0 Å². The number of rotatable bonds is 6. The Hall–Kier alpha value is -1.03. The van der Waals surface area contributed by atoms with E-state index in [1.54, 1.807) is 0 Å². The lowest BCUT2D eigenvalue weighted by Crippen LogP contribution is -2.06. The summed E-state index contributed by atoms with van der Waals surface area (Å²) in [5, 5.41) is 0. The van der Waals surface area contributed by atoms with Gasteiger partial charge in [0.15, 0.2) is 0 Å². The average molecular weight is 153 g/mol. The van der Waals surface area contributed by atoms with Crippen molar-refractivity contribution >= 4 is 0 Å². The van der Waals surface area contributed by atoms with E-state index in [4.69, 9.17) is 22.5 Å². The monoisotopic (exact) mass is 153 g/mol. The van der Waals surface area contributed by atoms with E-state index in [1.807, 2.05) is 0 Å². The van der Waals surface area contributed by atoms with Crippen LogP contribution in [-0.4, -0.2) is 33.0 Å². The third-order valence-corrected chi connectivity index (χ3v) is 0.905. The van der Waals surface area contributed by atoms with Crippen LogP contribution in [0.2, 0.25) is 0 Å². The molecule has 0 heterocycles. The molecule has 0 atom stereocenters. The molecule has 0 amide bonds. The standard InChI is InChI=1S/C8H11NO2/c1-3-5-10-7-8-11-6-4-9-2/h1H,4-8H2. The van der Waals surface area contributed by atoms with Crippen LogP contribution >= 0.6 is 0 Å². The molecular weight excluding hydrogens is 142 g/mol. The molecule has 0 saturated carbocycles. The number of nitrogens with zero attached hydrogens (tertiary/aromatic N) is 1. The van der Waals surface area contributed by atoms with Crippen LogP contribution < -0.4 is 0 Å². The smallest absolute Gasteiger partial charge is 0.237 e. The molecule has 3 heteroatoms. The Bertz CT molecular complexity index is 136. The van der Waals surface area contributed by atoms with E-state index >= 15 is 0 Å². The zero-order valence-corrected chi connectivity index (χ0v) is 6.38. The second-order valence-corrected chi connectivity index (χ2v) is 1.75. The lowest BCUT2D eigenvalue weighted by molar-refractivity contribution is 0.0655. The molecule has 0 bridgehead atoms. The third-order valence-electron chi connectivity index (χ3n) is 0.905. The van der Waals surface area contributed by atoms with Gasteiger partial charge in [-0.3, -0.25) is 0 Å². The van der Waals surface area contributed by atoms with Crippen molar-refractivity contribution < 1.29 is 9.47 Å². The second-order valence-electron chi connectivity index (χ2n) is 1.75. The predicted molar refractivity (Wildman–Crippen MR) is 41.9 cm³/mol. The first-order valence-corrected chi connectivity index (χ1v) is 3.34. The van der Waals surface area contributed by atoms with Gasteiger partial charge in [-0.2, -0.15) is 0 Å². The highest BCUT2D eigenvalue weighted by molar-refractivity contribution is 4.82. The molecule has 0 aromatic rings. The minimum Gasteiger partial charge on any atom is -0.371 e. The molecule has 0 fully saturated rings. The van der Waals surface area contributed by atoms with Crippen molar-refractivity contribution in [2.24, 2.45) is 0 Å². The van der Waals surface area contributed by atoms with Crippen LogP contribution in [0.25, 0.3) is 4.85 Å². The summed E-state index contributed by atoms with van der Waals surface area (Å²) in [4.78, 5) is 3.12. The van der Waals surface area contributed by atoms with E-state index in [1.165, 1.54) is 0 Å². The van der Waals surface area contributed by atoms with Gasteiger partial charge in [0, 0.05) is 0 Å². The lowest BCUT2D eigenvalue weighted by atomic mass is 10.7. The highest BCUT2D eigenvalue weighted by atomic mass is 16.5. The maximum Gasteiger partial charge on any atom is 0.237 e. The van der Waals surface area contributed by atoms with Crippen molar-refractivity contribution in [1.82, 2.24) is 0 Å². The average Bonchev–Trinajstić information content (AvgIpc) is 2.03. The maximum absolute atomic E-state index is 6.44. The molecule has 0 aromatic carbocycles. The van der Waals surface area contributed by atoms with Gasteiger partial charge in [-0.15, -0.1) is 6.42 Å². The maximum atomic E-state index is 6.44. The first-order chi connectivity index (χ1) is 5.41. The lowest BCUT2D eigenvalue weighted by Gasteiger charge is -1.99. The minimum atomic E-state index is 0.326. The van der Waals surface area contributed by atoms with Gasteiger partial charge in [-0.25, -0.2) is 6.57 Å². The van der Waals surface area contributed by atoms with Crippen LogP contribution in [0.15, 0.2) is 0 Å². The molecule has 0 saturated heterocycles. The molecule has 0 aliphatic carbocycles. The molecule has 0 radical (unpaired) electrons. The Kier molecular flexibility index (Phi) is 8.13. The van der Waals surface area contributed by atoms with Crippen LogP contribution in [0.1, 0.15) is 0 Å². The molecule has 3 nitrogen and oxygen atoms in total. The zero-order chi connectivity index (χ0) is 8.36. The Morgan fingerprint density at radius 2 is 2.00 bits per heavy atom. The van der Waals surface area contributed by atoms with E-state index in [-0.39, 0.29) is 0 Å². The summed E-state index contributed by atoms with van der Waals surface area (Å²) in [5.74, 6) is 2.34. The highest BCUT2D eigenvalue weighted by Gasteiger charge is 1.88. The van der Waals surface area contributed by atoms with Gasteiger partial charge in [-0.05, 0) is 0 Å². The number of hydrogen-bond acceptors (Lipinski definition) is 2. The SMILES string of the molecule is [C-]#[N+]CCOCCOCC#C. The van der Waals surface area contributed by atoms with E-state index in [0.717, 1.165) is 0 Å². The van der Waals surface area contributed by atoms with Gasteiger partial charge in [0.25, 0.3) is 0 Å². The van der Waals surface area contributed by atoms with Crippen molar-refractivity contribution in [2.75, 3.05) is 33.0 Å². The number of ether oxygens (including phenoxy) is 2. The first kappa shape index (κ1) is 9.97. The summed E-state index contributed by atoms with van der Waals surface area (Å²) in [6, 6.07) is 0. The summed E-state index contributed by atoms with van der Waals surface area (Å²) in [6.45, 7) is 8.66. The highest BCUT2D eigenvalue weighted by Crippen LogP contribution is 1.78. The topological polar surface area (TPSA) is 22.8 Å². The number of hydrogen-bond donors (Lipinski definition) is 0. The van der Waals surface area contributed by atoms with E-state index in [0.29, 0.717) is 33.0 Å². The fourth-order valence-electron chi connectivity index (χ4n) is 0.461. The normalized spacial score (nSPS) is 8.55. The van der Waals surface area contributed by atoms with Gasteiger partial charge >= 0.3 is 0 Å². The van der Waals surface area contributed by atoms with Crippen molar-refractivity contribution in [3.05, 3.63) is 11.4 Å². The molecule has 60 valence electrons. The fourth-order valence-corrected chi connectivity index (χ4v) is 0.461. The van der Waals surface area contributed by atoms with Crippen LogP contribution in [-0.2, 0) is 9.47 Å². The zero-order valence-electron chi connectivity index (χ0n) is 6.38. The second kappa shape index (κ2) is 8.97. The molecular formula is C8H11NO2. The predicted octanol–water partition coefficient (Wildman–Crippen LogP) is 0.572. The van der Waals surface area contributed by atoms with E-state index in [2.05, 4.69) is 10.8 Å². The summed E-state index contributed by atoms with van der Waals surface area (Å²) in [5.41, 5.74) is 0. The molecule has 0 spiro atoms. The Morgan fingerprint density at radius 1 is 1.27 bits per heavy atom. The Morgan fingerprint density at radius 3 is 2.64 bits per heavy atom. The van der Waals surface area contributed by atoms with Crippen molar-refractivity contribution in [1.29, 1.82) is 0 Å². The van der Waals surface area contributed by atoms with Gasteiger partial charge in [0.2, 0.25) is 6.54 Å². The van der Waals surface area contributed by atoms with Crippen LogP contribution in [0.5, 0.6) is 0 Å². The molecule has 0 aliphatic rings. The van der Waals surface area contributed by atoms with Gasteiger partial charge < -0.3 is 14.3 Å². The Balaban J connectivity index is 2.82. The summed E-state index contributed by atoms with van der Waals surface area (Å²) in [6.07, 6.45) is 4.94. The summed E-state index contributed by atoms with van der Waals surface area (Å²) < 4.78 is 9.94. The molecule has 0 aromatic heterocycles. The molecule has 0 N–H and O–H groups in total. The quantitative estimate of drug-likeness (QED) is 0.316. The van der Waals surface area contributed by atoms with Crippen LogP contribution in [0.3, 0.4) is 0 Å². The fraction of sp³-hybridized carbons (Fsp3) is 0.625. The summed E-state index contributed by atoms with van der Waals surface area (Å²) in [7, 11) is 0. The largest absolute Gasteiger partial charge is 0.371 e. The third kappa shape index (κ3) is 8.97. The van der Waals surface area contributed by atoms with Crippen LogP contribution in [0, 0.1) is 18.9 Å². The van der Waals surface area contributed by atoms with Gasteiger partial charge in [0.1, 0.15) is 13.2 Å². The molecule has 0 rings (SSSR count). The van der Waals surface area contributed by atoms with Crippen molar-refractivity contribution in [3.63, 3.8) is 0 Å². The van der Waals surface area contributed by atoms with Gasteiger partial charge in [-0.1, -0.05) is 5.92 Å². The van der Waals surface area contributed by atoms with E-state index < -0.39 is 0 Å². The summed E-state index contributed by atoms with van der Waals surface area (Å²) >= 11 is 0. The van der Waals surface area contributed by atoms with Crippen molar-refractivity contribution in [3.8, 4) is 12.3 Å². The molecule has 11 heavy (non-hydrogen) atoms. The molecule has 0 aliphatic heterocycles. The number of terminal acetylenes is 1. The minimum absolute atomic E-state index is 0.326. The Labute approximate surface area is 67.1 Å². The van der Waals surface area contributed by atoms with Crippen molar-refractivity contribution in [2.45, 2.75) is 0 Å². The van der Waals surface area contributed by atoms with E-state index in [9.17, 15) is 0 Å². The molecule has 0 unspecified atom stereocenters. The van der Waals surface area contributed by atoms with Gasteiger partial charge in [0.05, 0.1) is 13.2 Å².